The first kappa shape index (κ1) is 13.6. The lowest BCUT2D eigenvalue weighted by atomic mass is 10.4. The van der Waals surface area contributed by atoms with Gasteiger partial charge < -0.3 is 15.2 Å². The van der Waals surface area contributed by atoms with Gasteiger partial charge in [-0.2, -0.15) is 4.98 Å². The second kappa shape index (κ2) is 6.29. The Morgan fingerprint density at radius 3 is 2.76 bits per heavy atom. The summed E-state index contributed by atoms with van der Waals surface area (Å²) >= 11 is 0. The predicted molar refractivity (Wildman–Crippen MR) is 58.3 cm³/mol. The fourth-order valence-electron chi connectivity index (χ4n) is 1.02. The SMILES string of the molecule is CC(C)Oc1ccnc(NCC(O)C(F)F)n1. The van der Waals surface area contributed by atoms with Gasteiger partial charge in [-0.25, -0.2) is 13.8 Å². The number of nitrogens with zero attached hydrogens (tertiary/aromatic N) is 2. The quantitative estimate of drug-likeness (QED) is 0.793. The van der Waals surface area contributed by atoms with Crippen molar-refractivity contribution in [2.45, 2.75) is 32.5 Å². The molecule has 1 unspecified atom stereocenters. The van der Waals surface area contributed by atoms with Gasteiger partial charge >= 0.3 is 0 Å². The number of aliphatic hydroxyl groups is 1. The van der Waals surface area contributed by atoms with Crippen LogP contribution in [0, 0.1) is 0 Å². The van der Waals surface area contributed by atoms with Crippen LogP contribution < -0.4 is 10.1 Å². The molecule has 0 bridgehead atoms. The summed E-state index contributed by atoms with van der Waals surface area (Å²) in [5.74, 6) is 0.492. The van der Waals surface area contributed by atoms with Crippen LogP contribution in [0.1, 0.15) is 13.8 Å². The standard InChI is InChI=1S/C10H15F2N3O2/c1-6(2)17-8-3-4-13-10(15-8)14-5-7(16)9(11)12/h3-4,6-7,9,16H,5H2,1-2H3,(H,13,14,15). The number of alkyl halides is 2. The topological polar surface area (TPSA) is 67.3 Å². The zero-order valence-corrected chi connectivity index (χ0v) is 9.60. The maximum Gasteiger partial charge on any atom is 0.265 e. The van der Waals surface area contributed by atoms with Gasteiger partial charge in [-0.15, -0.1) is 0 Å². The summed E-state index contributed by atoms with van der Waals surface area (Å²) in [5, 5.41) is 11.4. The summed E-state index contributed by atoms with van der Waals surface area (Å²) in [6, 6.07) is 1.56. The zero-order chi connectivity index (χ0) is 12.8. The summed E-state index contributed by atoms with van der Waals surface area (Å²) < 4.78 is 29.4. The van der Waals surface area contributed by atoms with Crippen LogP contribution in [-0.4, -0.2) is 40.3 Å². The molecule has 1 aromatic rings. The highest BCUT2D eigenvalue weighted by Gasteiger charge is 2.16. The van der Waals surface area contributed by atoms with Crippen molar-refractivity contribution in [2.75, 3.05) is 11.9 Å². The molecule has 5 nitrogen and oxygen atoms in total. The zero-order valence-electron chi connectivity index (χ0n) is 9.60. The number of ether oxygens (including phenoxy) is 1. The first-order valence-corrected chi connectivity index (χ1v) is 5.19. The van der Waals surface area contributed by atoms with Crippen molar-refractivity contribution in [2.24, 2.45) is 0 Å². The fraction of sp³-hybridized carbons (Fsp3) is 0.600. The number of aliphatic hydroxyl groups excluding tert-OH is 1. The lowest BCUT2D eigenvalue weighted by molar-refractivity contribution is 0.00376. The molecule has 0 aliphatic carbocycles. The van der Waals surface area contributed by atoms with E-state index < -0.39 is 12.5 Å². The molecule has 1 aromatic heterocycles. The normalized spacial score (nSPS) is 12.9. The number of anilines is 1. The molecule has 0 spiro atoms. The van der Waals surface area contributed by atoms with Gasteiger partial charge in [0.25, 0.3) is 6.43 Å². The minimum atomic E-state index is -2.79. The van der Waals surface area contributed by atoms with Crippen molar-refractivity contribution in [3.05, 3.63) is 12.3 Å². The van der Waals surface area contributed by atoms with Gasteiger partial charge in [0.1, 0.15) is 6.10 Å². The minimum Gasteiger partial charge on any atom is -0.475 e. The third-order valence-electron chi connectivity index (χ3n) is 1.75. The lowest BCUT2D eigenvalue weighted by Gasteiger charge is -2.12. The summed E-state index contributed by atoms with van der Waals surface area (Å²) in [7, 11) is 0. The maximum absolute atomic E-state index is 12.0. The fourth-order valence-corrected chi connectivity index (χ4v) is 1.02. The molecule has 0 fully saturated rings. The molecule has 1 rings (SSSR count). The Bertz CT molecular complexity index is 350. The molecule has 1 heterocycles. The molecular formula is C10H15F2N3O2. The molecule has 7 heteroatoms. The van der Waals surface area contributed by atoms with E-state index in [2.05, 4.69) is 15.3 Å². The minimum absolute atomic E-state index is 0.0376. The monoisotopic (exact) mass is 247 g/mol. The van der Waals surface area contributed by atoms with Gasteiger partial charge in [-0.3, -0.25) is 0 Å². The Morgan fingerprint density at radius 1 is 1.47 bits per heavy atom. The smallest absolute Gasteiger partial charge is 0.265 e. The maximum atomic E-state index is 12.0. The van der Waals surface area contributed by atoms with Crippen LogP contribution in [0.3, 0.4) is 0 Å². The summed E-state index contributed by atoms with van der Waals surface area (Å²) in [6.45, 7) is 3.37. The van der Waals surface area contributed by atoms with Crippen LogP contribution in [-0.2, 0) is 0 Å². The van der Waals surface area contributed by atoms with Gasteiger partial charge in [-0.1, -0.05) is 0 Å². The molecule has 0 aliphatic rings. The van der Waals surface area contributed by atoms with E-state index in [4.69, 9.17) is 9.84 Å². The third-order valence-corrected chi connectivity index (χ3v) is 1.75. The van der Waals surface area contributed by atoms with E-state index in [0.717, 1.165) is 0 Å². The second-order valence-corrected chi connectivity index (χ2v) is 3.67. The van der Waals surface area contributed by atoms with Gasteiger partial charge in [-0.05, 0) is 13.8 Å². The van der Waals surface area contributed by atoms with Crippen LogP contribution in [0.25, 0.3) is 0 Å². The van der Waals surface area contributed by atoms with Crippen LogP contribution in [0.2, 0.25) is 0 Å². The lowest BCUT2D eigenvalue weighted by Crippen LogP contribution is -2.27. The van der Waals surface area contributed by atoms with Crippen LogP contribution in [0.5, 0.6) is 5.88 Å². The Kier molecular flexibility index (Phi) is 5.02. The number of aromatic nitrogens is 2. The van der Waals surface area contributed by atoms with E-state index in [1.54, 1.807) is 6.07 Å². The van der Waals surface area contributed by atoms with Gasteiger partial charge in [0.2, 0.25) is 11.8 Å². The highest BCUT2D eigenvalue weighted by atomic mass is 19.3. The third kappa shape index (κ3) is 4.90. The molecule has 96 valence electrons. The highest BCUT2D eigenvalue weighted by molar-refractivity contribution is 5.27. The molecule has 0 saturated carbocycles. The van der Waals surface area contributed by atoms with Crippen molar-refractivity contribution in [3.63, 3.8) is 0 Å². The summed E-state index contributed by atoms with van der Waals surface area (Å²) in [4.78, 5) is 7.76. The van der Waals surface area contributed by atoms with Crippen LogP contribution >= 0.6 is 0 Å². The number of rotatable bonds is 6. The van der Waals surface area contributed by atoms with Crippen molar-refractivity contribution < 1.29 is 18.6 Å². The average molecular weight is 247 g/mol. The van der Waals surface area contributed by atoms with Gasteiger partial charge in [0.15, 0.2) is 0 Å². The van der Waals surface area contributed by atoms with Crippen molar-refractivity contribution >= 4 is 5.95 Å². The molecule has 0 amide bonds. The summed E-state index contributed by atoms with van der Waals surface area (Å²) in [6.07, 6.45) is -3.13. The molecule has 17 heavy (non-hydrogen) atoms. The molecule has 0 aromatic carbocycles. The van der Waals surface area contributed by atoms with Crippen LogP contribution in [0.15, 0.2) is 12.3 Å². The largest absolute Gasteiger partial charge is 0.475 e. The Hall–Kier alpha value is -1.50. The second-order valence-electron chi connectivity index (χ2n) is 3.67. The van der Waals surface area contributed by atoms with E-state index in [-0.39, 0.29) is 18.6 Å². The van der Waals surface area contributed by atoms with E-state index >= 15 is 0 Å². The first-order valence-electron chi connectivity index (χ1n) is 5.19. The van der Waals surface area contributed by atoms with Crippen molar-refractivity contribution in [3.8, 4) is 5.88 Å². The number of halogens is 2. The van der Waals surface area contributed by atoms with Crippen molar-refractivity contribution in [1.29, 1.82) is 0 Å². The van der Waals surface area contributed by atoms with Gasteiger partial charge in [0, 0.05) is 18.8 Å². The summed E-state index contributed by atoms with van der Waals surface area (Å²) in [5.41, 5.74) is 0. The van der Waals surface area contributed by atoms with E-state index in [9.17, 15) is 8.78 Å². The van der Waals surface area contributed by atoms with E-state index in [1.807, 2.05) is 13.8 Å². The Balaban J connectivity index is 2.54. The average Bonchev–Trinajstić information content (AvgIpc) is 2.25. The molecule has 1 atom stereocenters. The predicted octanol–water partition coefficient (Wildman–Crippen LogP) is 1.30. The van der Waals surface area contributed by atoms with Gasteiger partial charge in [0.05, 0.1) is 6.10 Å². The number of hydrogen-bond donors (Lipinski definition) is 2. The molecular weight excluding hydrogens is 232 g/mol. The van der Waals surface area contributed by atoms with E-state index in [1.165, 1.54) is 6.20 Å². The Labute approximate surface area is 97.8 Å². The van der Waals surface area contributed by atoms with E-state index in [0.29, 0.717) is 5.88 Å². The molecule has 2 N–H and O–H groups in total. The molecule has 0 saturated heterocycles. The number of nitrogens with one attached hydrogen (secondary N) is 1. The molecule has 0 radical (unpaired) electrons. The first-order chi connectivity index (χ1) is 7.99. The molecule has 0 aliphatic heterocycles. The van der Waals surface area contributed by atoms with Crippen LogP contribution in [0.4, 0.5) is 14.7 Å². The van der Waals surface area contributed by atoms with Crippen molar-refractivity contribution in [1.82, 2.24) is 9.97 Å². The number of hydrogen-bond acceptors (Lipinski definition) is 5. The highest BCUT2D eigenvalue weighted by Crippen LogP contribution is 2.10. The Morgan fingerprint density at radius 2 is 2.18 bits per heavy atom.